The van der Waals surface area contributed by atoms with Crippen molar-refractivity contribution in [2.24, 2.45) is 5.90 Å². The Morgan fingerprint density at radius 2 is 1.70 bits per heavy atom. The lowest BCUT2D eigenvalue weighted by molar-refractivity contribution is -0.0541. The van der Waals surface area contributed by atoms with Crippen LogP contribution in [0.15, 0.2) is 17.1 Å². The van der Waals surface area contributed by atoms with Gasteiger partial charge in [-0.2, -0.15) is 13.6 Å². The fourth-order valence-corrected chi connectivity index (χ4v) is 5.35. The van der Waals surface area contributed by atoms with Crippen molar-refractivity contribution in [2.75, 3.05) is 12.3 Å². The van der Waals surface area contributed by atoms with Crippen LogP contribution in [0.3, 0.4) is 0 Å². The molecule has 1 saturated heterocycles. The molecular formula is C9H17N4O14P3. The maximum absolute atomic E-state index is 11.8. The molecule has 7 atom stereocenters. The second-order valence-corrected chi connectivity index (χ2v) is 10.1. The van der Waals surface area contributed by atoms with Crippen LogP contribution >= 0.6 is 23.5 Å². The molecule has 172 valence electrons. The van der Waals surface area contributed by atoms with Crippen molar-refractivity contribution in [3.05, 3.63) is 22.7 Å². The van der Waals surface area contributed by atoms with E-state index in [1.807, 2.05) is 0 Å². The van der Waals surface area contributed by atoms with E-state index in [1.54, 1.807) is 0 Å². The largest absolute Gasteiger partial charge is 0.497 e. The normalized spacial score (nSPS) is 30.3. The third kappa shape index (κ3) is 6.46. The lowest BCUT2D eigenvalue weighted by atomic mass is 10.1. The number of anilines is 1. The molecule has 0 aromatic carbocycles. The van der Waals surface area contributed by atoms with Gasteiger partial charge >= 0.3 is 29.2 Å². The predicted molar refractivity (Wildman–Crippen MR) is 91.7 cm³/mol. The van der Waals surface area contributed by atoms with Crippen LogP contribution in [0.25, 0.3) is 0 Å². The number of aliphatic hydroxyl groups is 2. The van der Waals surface area contributed by atoms with Gasteiger partial charge in [-0.15, -0.1) is 0 Å². The van der Waals surface area contributed by atoms with E-state index in [-0.39, 0.29) is 5.82 Å². The number of phosphoric acid groups is 3. The third-order valence-corrected chi connectivity index (χ3v) is 7.45. The van der Waals surface area contributed by atoms with E-state index in [1.165, 1.54) is 6.07 Å². The van der Waals surface area contributed by atoms with Crippen LogP contribution < -0.4 is 17.3 Å². The summed E-state index contributed by atoms with van der Waals surface area (Å²) in [5.41, 5.74) is 4.40. The van der Waals surface area contributed by atoms with Crippen molar-refractivity contribution >= 4 is 29.3 Å². The number of rotatable bonds is 9. The molecule has 1 aliphatic heterocycles. The number of nitrogens with zero attached hydrogens (tertiary/aromatic N) is 2. The molecule has 0 aliphatic carbocycles. The van der Waals surface area contributed by atoms with Crippen molar-refractivity contribution in [2.45, 2.75) is 24.5 Å². The zero-order valence-electron chi connectivity index (χ0n) is 14.5. The Balaban J connectivity index is 2.04. The second kappa shape index (κ2) is 9.20. The Labute approximate surface area is 166 Å². The van der Waals surface area contributed by atoms with Crippen molar-refractivity contribution in [3.63, 3.8) is 0 Å². The van der Waals surface area contributed by atoms with Crippen LogP contribution in [0.2, 0.25) is 0 Å². The van der Waals surface area contributed by atoms with Gasteiger partial charge in [0.2, 0.25) is 0 Å². The SMILES string of the molecule is NOP(=O)(O)OP(=O)(O)OP(=O)(O)OC[C@H]1O[C@@H](n2ccc(N)nc2=O)[C@H](O)[C@@H]1O. The highest BCUT2D eigenvalue weighted by molar-refractivity contribution is 7.66. The molecule has 0 amide bonds. The Kier molecular flexibility index (Phi) is 7.72. The van der Waals surface area contributed by atoms with Crippen LogP contribution in [0.5, 0.6) is 0 Å². The Bertz CT molecular complexity index is 970. The number of phosphoric ester groups is 1. The van der Waals surface area contributed by atoms with Gasteiger partial charge in [0.25, 0.3) is 0 Å². The van der Waals surface area contributed by atoms with Gasteiger partial charge in [-0.05, 0) is 6.07 Å². The van der Waals surface area contributed by atoms with Crippen LogP contribution in [0.4, 0.5) is 5.82 Å². The monoisotopic (exact) mass is 498 g/mol. The van der Waals surface area contributed by atoms with Gasteiger partial charge in [0.1, 0.15) is 24.1 Å². The smallest absolute Gasteiger partial charge is 0.387 e. The summed E-state index contributed by atoms with van der Waals surface area (Å²) >= 11 is 0. The molecule has 2 heterocycles. The number of nitrogen functional groups attached to an aromatic ring is 1. The van der Waals surface area contributed by atoms with Crippen molar-refractivity contribution in [1.29, 1.82) is 0 Å². The van der Waals surface area contributed by atoms with Crippen molar-refractivity contribution < 1.29 is 61.1 Å². The molecule has 0 saturated carbocycles. The molecule has 1 aliphatic rings. The van der Waals surface area contributed by atoms with Gasteiger partial charge in [-0.25, -0.2) is 29.0 Å². The Hall–Kier alpha value is -1.07. The fraction of sp³-hybridized carbons (Fsp3) is 0.556. The summed E-state index contributed by atoms with van der Waals surface area (Å²) in [6, 6.07) is 1.20. The highest BCUT2D eigenvalue weighted by atomic mass is 31.3. The van der Waals surface area contributed by atoms with E-state index in [0.717, 1.165) is 10.8 Å². The number of nitrogens with two attached hydrogens (primary N) is 2. The van der Waals surface area contributed by atoms with E-state index in [4.69, 9.17) is 15.4 Å². The molecule has 0 bridgehead atoms. The van der Waals surface area contributed by atoms with Gasteiger partial charge in [0.05, 0.1) is 6.61 Å². The Morgan fingerprint density at radius 3 is 2.27 bits per heavy atom. The molecule has 1 aromatic rings. The van der Waals surface area contributed by atoms with Crippen molar-refractivity contribution in [3.8, 4) is 0 Å². The first-order valence-electron chi connectivity index (χ1n) is 7.47. The molecule has 21 heteroatoms. The lowest BCUT2D eigenvalue weighted by Crippen LogP contribution is -2.36. The minimum Gasteiger partial charge on any atom is -0.387 e. The van der Waals surface area contributed by atoms with E-state index in [2.05, 4.69) is 28.7 Å². The second-order valence-electron chi connectivity index (χ2n) is 5.56. The molecule has 18 nitrogen and oxygen atoms in total. The quantitative estimate of drug-likeness (QED) is 0.139. The molecule has 9 N–H and O–H groups in total. The first-order valence-corrected chi connectivity index (χ1v) is 12.0. The number of hydrogen-bond donors (Lipinski definition) is 7. The number of hydrogen-bond acceptors (Lipinski definition) is 14. The molecule has 1 aromatic heterocycles. The predicted octanol–water partition coefficient (Wildman–Crippen LogP) is -2.31. The molecular weight excluding hydrogens is 481 g/mol. The molecule has 0 spiro atoms. The fourth-order valence-electron chi connectivity index (χ4n) is 2.20. The number of ether oxygens (including phenoxy) is 1. The maximum Gasteiger partial charge on any atom is 0.497 e. The van der Waals surface area contributed by atoms with E-state index in [9.17, 15) is 38.5 Å². The zero-order chi connectivity index (χ0) is 22.9. The highest BCUT2D eigenvalue weighted by Crippen LogP contribution is 2.67. The average molecular weight is 498 g/mol. The van der Waals surface area contributed by atoms with E-state index in [0.29, 0.717) is 0 Å². The summed E-state index contributed by atoms with van der Waals surface area (Å²) in [5.74, 6) is 4.21. The summed E-state index contributed by atoms with van der Waals surface area (Å²) in [6.07, 6.45) is -5.37. The number of aromatic nitrogens is 2. The summed E-state index contributed by atoms with van der Waals surface area (Å²) in [6.45, 7) is -1.01. The first kappa shape index (κ1) is 25.2. The average Bonchev–Trinajstić information content (AvgIpc) is 2.86. The van der Waals surface area contributed by atoms with Gasteiger partial charge < -0.3 is 35.4 Å². The van der Waals surface area contributed by atoms with E-state index < -0.39 is 60.3 Å². The van der Waals surface area contributed by atoms with Gasteiger partial charge in [-0.1, -0.05) is 0 Å². The van der Waals surface area contributed by atoms with Gasteiger partial charge in [-0.3, -0.25) is 9.09 Å². The van der Waals surface area contributed by atoms with Gasteiger partial charge in [0.15, 0.2) is 6.23 Å². The van der Waals surface area contributed by atoms with Gasteiger partial charge in [0, 0.05) is 6.20 Å². The summed E-state index contributed by atoms with van der Waals surface area (Å²) in [7, 11) is -16.4. The molecule has 1 fully saturated rings. The molecule has 2 rings (SSSR count). The van der Waals surface area contributed by atoms with Crippen LogP contribution in [-0.2, 0) is 36.2 Å². The number of aliphatic hydroxyl groups excluding tert-OH is 2. The molecule has 3 unspecified atom stereocenters. The minimum absolute atomic E-state index is 0.120. The summed E-state index contributed by atoms with van der Waals surface area (Å²) in [5, 5.41) is 20.0. The third-order valence-electron chi connectivity index (χ3n) is 3.41. The van der Waals surface area contributed by atoms with Crippen LogP contribution in [-0.4, -0.2) is 59.4 Å². The Morgan fingerprint density at radius 1 is 1.10 bits per heavy atom. The van der Waals surface area contributed by atoms with Crippen LogP contribution in [0.1, 0.15) is 6.23 Å². The van der Waals surface area contributed by atoms with Crippen molar-refractivity contribution in [1.82, 2.24) is 9.55 Å². The standard InChI is InChI=1S/C9H17N4O14P3/c10-5-1-2-13(9(16)12-5)8-7(15)6(14)4(24-8)3-23-28(17,18)26-30(21,22)27-29(19,20)25-11/h1-2,4,6-8,14-15H,3,11H2,(H,17,18)(H,19,20)(H,21,22)(H2,10,12,16)/t4-,6-,7-,8-/m1/s1. The van der Waals surface area contributed by atoms with E-state index >= 15 is 0 Å². The minimum atomic E-state index is -5.69. The summed E-state index contributed by atoms with van der Waals surface area (Å²) in [4.78, 5) is 42.7. The zero-order valence-corrected chi connectivity index (χ0v) is 17.2. The summed E-state index contributed by atoms with van der Waals surface area (Å²) < 4.78 is 55.3. The topological polar surface area (TPSA) is 285 Å². The maximum atomic E-state index is 11.8. The first-order chi connectivity index (χ1) is 13.7. The molecule has 0 radical (unpaired) electrons. The van der Waals surface area contributed by atoms with Crippen LogP contribution in [0, 0.1) is 0 Å². The highest BCUT2D eigenvalue weighted by Gasteiger charge is 2.47. The lowest BCUT2D eigenvalue weighted by Gasteiger charge is -2.19. The molecule has 30 heavy (non-hydrogen) atoms.